The van der Waals surface area contributed by atoms with Gasteiger partial charge >= 0.3 is 0 Å². The lowest BCUT2D eigenvalue weighted by Crippen LogP contribution is -2.43. The van der Waals surface area contributed by atoms with Crippen LogP contribution in [0, 0.1) is 5.92 Å². The van der Waals surface area contributed by atoms with Crippen LogP contribution in [0.4, 0.5) is 0 Å². The Kier molecular flexibility index (Phi) is 3.81. The monoisotopic (exact) mass is 273 g/mol. The van der Waals surface area contributed by atoms with Crippen LogP contribution in [0.3, 0.4) is 0 Å². The van der Waals surface area contributed by atoms with E-state index in [4.69, 9.17) is 10.5 Å². The number of ether oxygens (including phenoxy) is 1. The first-order chi connectivity index (χ1) is 9.72. The molecule has 0 saturated carbocycles. The number of para-hydroxylation sites is 1. The molecule has 1 saturated heterocycles. The van der Waals surface area contributed by atoms with Crippen LogP contribution in [-0.4, -0.2) is 36.6 Å². The van der Waals surface area contributed by atoms with Gasteiger partial charge in [0.05, 0.1) is 6.54 Å². The Labute approximate surface area is 120 Å². The molecule has 20 heavy (non-hydrogen) atoms. The molecule has 2 heterocycles. The van der Waals surface area contributed by atoms with Crippen molar-refractivity contribution in [1.82, 2.24) is 4.90 Å². The topological polar surface area (TPSA) is 50.8 Å². The molecule has 2 aliphatic rings. The van der Waals surface area contributed by atoms with E-state index in [0.717, 1.165) is 31.2 Å². The highest BCUT2D eigenvalue weighted by atomic mass is 16.5. The van der Waals surface area contributed by atoms with Crippen molar-refractivity contribution < 1.29 is 4.74 Å². The Morgan fingerprint density at radius 2 is 2.10 bits per heavy atom. The molecule has 0 radical (unpaired) electrons. The van der Waals surface area contributed by atoms with Gasteiger partial charge in [-0.1, -0.05) is 25.1 Å². The lowest BCUT2D eigenvalue weighted by atomic mass is 10.00. The van der Waals surface area contributed by atoms with E-state index in [1.807, 2.05) is 12.1 Å². The Hall–Kier alpha value is -1.71. The summed E-state index contributed by atoms with van der Waals surface area (Å²) in [5.41, 5.74) is 7.37. The molecule has 0 aromatic heterocycles. The third-order valence-corrected chi connectivity index (χ3v) is 4.28. The maximum Gasteiger partial charge on any atom is 0.191 e. The van der Waals surface area contributed by atoms with Gasteiger partial charge in [-0.3, -0.25) is 0 Å². The molecule has 3 rings (SSSR count). The second kappa shape index (κ2) is 5.73. The molecule has 1 atom stereocenters. The Bertz CT molecular complexity index is 467. The van der Waals surface area contributed by atoms with Crippen molar-refractivity contribution in [3.63, 3.8) is 0 Å². The predicted octanol–water partition coefficient (Wildman–Crippen LogP) is 2.04. The zero-order chi connectivity index (χ0) is 13.9. The molecule has 0 amide bonds. The van der Waals surface area contributed by atoms with E-state index in [1.54, 1.807) is 0 Å². The second-order valence-corrected chi connectivity index (χ2v) is 5.92. The van der Waals surface area contributed by atoms with Gasteiger partial charge in [-0.25, -0.2) is 4.99 Å². The number of hydrogen-bond donors (Lipinski definition) is 1. The summed E-state index contributed by atoms with van der Waals surface area (Å²) in [6.07, 6.45) is 3.49. The number of rotatable bonds is 2. The molecule has 1 unspecified atom stereocenters. The van der Waals surface area contributed by atoms with Gasteiger partial charge in [0.2, 0.25) is 0 Å². The number of guanidine groups is 1. The summed E-state index contributed by atoms with van der Waals surface area (Å²) in [6.45, 7) is 5.01. The zero-order valence-corrected chi connectivity index (χ0v) is 12.1. The van der Waals surface area contributed by atoms with Crippen LogP contribution in [0.2, 0.25) is 0 Å². The van der Waals surface area contributed by atoms with E-state index in [0.29, 0.717) is 12.5 Å². The molecule has 4 nitrogen and oxygen atoms in total. The van der Waals surface area contributed by atoms with E-state index in [1.165, 1.54) is 18.4 Å². The smallest absolute Gasteiger partial charge is 0.191 e. The summed E-state index contributed by atoms with van der Waals surface area (Å²) in [4.78, 5) is 6.73. The minimum Gasteiger partial charge on any atom is -0.488 e. The number of nitrogens with zero attached hydrogens (tertiary/aromatic N) is 2. The fraction of sp³-hybridized carbons (Fsp3) is 0.562. The molecule has 2 N–H and O–H groups in total. The highest BCUT2D eigenvalue weighted by Crippen LogP contribution is 2.28. The van der Waals surface area contributed by atoms with Crippen molar-refractivity contribution in [2.45, 2.75) is 32.3 Å². The van der Waals surface area contributed by atoms with E-state index in [2.05, 4.69) is 28.9 Å². The van der Waals surface area contributed by atoms with Gasteiger partial charge in [-0.15, -0.1) is 0 Å². The molecular formula is C16H23N3O. The zero-order valence-electron chi connectivity index (χ0n) is 12.1. The number of aliphatic imine (C=N–C) groups is 1. The van der Waals surface area contributed by atoms with Crippen LogP contribution in [0.25, 0.3) is 0 Å². The van der Waals surface area contributed by atoms with E-state index in [9.17, 15) is 0 Å². The summed E-state index contributed by atoms with van der Waals surface area (Å²) < 4.78 is 5.88. The first-order valence-corrected chi connectivity index (χ1v) is 7.52. The third-order valence-electron chi connectivity index (χ3n) is 4.28. The largest absolute Gasteiger partial charge is 0.488 e. The van der Waals surface area contributed by atoms with Crippen LogP contribution in [0.15, 0.2) is 29.3 Å². The maximum atomic E-state index is 6.10. The first-order valence-electron chi connectivity index (χ1n) is 7.52. The third kappa shape index (κ3) is 2.89. The number of fused-ring (bicyclic) bond motifs is 1. The summed E-state index contributed by atoms with van der Waals surface area (Å²) in [6, 6.07) is 8.20. The first kappa shape index (κ1) is 13.3. The fourth-order valence-electron chi connectivity index (χ4n) is 2.89. The summed E-state index contributed by atoms with van der Waals surface area (Å²) in [5.74, 6) is 2.49. The molecule has 0 spiro atoms. The van der Waals surface area contributed by atoms with Crippen LogP contribution in [0.1, 0.15) is 25.3 Å². The normalized spacial score (nSPS) is 23.6. The molecule has 2 aliphatic heterocycles. The van der Waals surface area contributed by atoms with Crippen molar-refractivity contribution in [2.24, 2.45) is 16.6 Å². The number of hydrogen-bond acceptors (Lipinski definition) is 2. The average Bonchev–Trinajstić information content (AvgIpc) is 2.88. The molecule has 1 aromatic rings. The van der Waals surface area contributed by atoms with Crippen molar-refractivity contribution >= 4 is 5.96 Å². The average molecular weight is 273 g/mol. The fourth-order valence-corrected chi connectivity index (χ4v) is 2.89. The number of benzene rings is 1. The Morgan fingerprint density at radius 1 is 1.35 bits per heavy atom. The SMILES string of the molecule is CC1CCN(C(N)=NCC2Cc3ccccc3O2)CC1. The molecule has 4 heteroatoms. The van der Waals surface area contributed by atoms with E-state index in [-0.39, 0.29) is 6.10 Å². The maximum absolute atomic E-state index is 6.10. The quantitative estimate of drug-likeness (QED) is 0.662. The minimum atomic E-state index is 0.134. The molecular weight excluding hydrogens is 250 g/mol. The lowest BCUT2D eigenvalue weighted by molar-refractivity contribution is 0.239. The molecule has 1 aromatic carbocycles. The van der Waals surface area contributed by atoms with E-state index < -0.39 is 0 Å². The number of nitrogens with two attached hydrogens (primary N) is 1. The van der Waals surface area contributed by atoms with Crippen LogP contribution in [-0.2, 0) is 6.42 Å². The van der Waals surface area contributed by atoms with Crippen molar-refractivity contribution in [2.75, 3.05) is 19.6 Å². The summed E-state index contributed by atoms with van der Waals surface area (Å²) >= 11 is 0. The Balaban J connectivity index is 1.53. The molecule has 0 aliphatic carbocycles. The minimum absolute atomic E-state index is 0.134. The standard InChI is InChI=1S/C16H23N3O/c1-12-6-8-19(9-7-12)16(17)18-11-14-10-13-4-2-3-5-15(13)20-14/h2-5,12,14H,6-11H2,1H3,(H2,17,18). The molecule has 1 fully saturated rings. The van der Waals surface area contributed by atoms with Crippen LogP contribution < -0.4 is 10.5 Å². The highest BCUT2D eigenvalue weighted by Gasteiger charge is 2.22. The van der Waals surface area contributed by atoms with Gasteiger partial charge in [-0.05, 0) is 30.4 Å². The lowest BCUT2D eigenvalue weighted by Gasteiger charge is -2.31. The van der Waals surface area contributed by atoms with Gasteiger partial charge in [-0.2, -0.15) is 0 Å². The predicted molar refractivity (Wildman–Crippen MR) is 81.0 cm³/mol. The van der Waals surface area contributed by atoms with Gasteiger partial charge in [0.1, 0.15) is 11.9 Å². The Morgan fingerprint density at radius 3 is 2.85 bits per heavy atom. The van der Waals surface area contributed by atoms with Crippen molar-refractivity contribution in [3.8, 4) is 5.75 Å². The van der Waals surface area contributed by atoms with E-state index >= 15 is 0 Å². The summed E-state index contributed by atoms with van der Waals surface area (Å²) in [7, 11) is 0. The molecule has 108 valence electrons. The summed E-state index contributed by atoms with van der Waals surface area (Å²) in [5, 5.41) is 0. The van der Waals surface area contributed by atoms with Crippen LogP contribution in [0.5, 0.6) is 5.75 Å². The van der Waals surface area contributed by atoms with Crippen LogP contribution >= 0.6 is 0 Å². The number of piperidine rings is 1. The molecule has 0 bridgehead atoms. The highest BCUT2D eigenvalue weighted by molar-refractivity contribution is 5.78. The van der Waals surface area contributed by atoms with Gasteiger partial charge in [0.25, 0.3) is 0 Å². The van der Waals surface area contributed by atoms with Crippen molar-refractivity contribution in [3.05, 3.63) is 29.8 Å². The van der Waals surface area contributed by atoms with Gasteiger partial charge in [0.15, 0.2) is 5.96 Å². The van der Waals surface area contributed by atoms with Crippen molar-refractivity contribution in [1.29, 1.82) is 0 Å². The van der Waals surface area contributed by atoms with Gasteiger partial charge in [0, 0.05) is 19.5 Å². The van der Waals surface area contributed by atoms with Gasteiger partial charge < -0.3 is 15.4 Å². The second-order valence-electron chi connectivity index (χ2n) is 5.92. The number of likely N-dealkylation sites (tertiary alicyclic amines) is 1.